The quantitative estimate of drug-likeness (QED) is 0.806. The molecule has 1 saturated heterocycles. The first-order chi connectivity index (χ1) is 9.01. The molecule has 6 heteroatoms. The molecule has 0 aromatic heterocycles. The molecular weight excluding hydrogens is 249 g/mol. The van der Waals surface area contributed by atoms with Crippen molar-refractivity contribution in [1.29, 1.82) is 0 Å². The van der Waals surface area contributed by atoms with Crippen LogP contribution in [0.5, 0.6) is 5.75 Å². The van der Waals surface area contributed by atoms with Gasteiger partial charge < -0.3 is 20.7 Å². The molecule has 0 bridgehead atoms. The standard InChI is InChI=1S/C13H18FN3O2/c1-8(18)16-9-3-4-17(7-9)12-6-13(19-2)10(14)5-11(12)15/h5-6,9H,3-4,7,15H2,1-2H3,(H,16,18). The number of carbonyl (C=O) groups excluding carboxylic acids is 1. The van der Waals surface area contributed by atoms with Gasteiger partial charge in [-0.2, -0.15) is 0 Å². The summed E-state index contributed by atoms with van der Waals surface area (Å²) in [6, 6.07) is 2.97. The topological polar surface area (TPSA) is 67.6 Å². The molecule has 0 aliphatic carbocycles. The molecule has 1 aromatic rings. The number of nitrogens with one attached hydrogen (secondary N) is 1. The van der Waals surface area contributed by atoms with Crippen LogP contribution in [0.1, 0.15) is 13.3 Å². The largest absolute Gasteiger partial charge is 0.494 e. The number of anilines is 2. The highest BCUT2D eigenvalue weighted by atomic mass is 19.1. The molecule has 1 aromatic carbocycles. The van der Waals surface area contributed by atoms with Crippen LogP contribution >= 0.6 is 0 Å². The molecular formula is C13H18FN3O2. The fourth-order valence-electron chi connectivity index (χ4n) is 2.37. The van der Waals surface area contributed by atoms with Gasteiger partial charge in [0.2, 0.25) is 5.91 Å². The third-order valence-electron chi connectivity index (χ3n) is 3.24. The first kappa shape index (κ1) is 13.5. The van der Waals surface area contributed by atoms with Crippen molar-refractivity contribution in [2.75, 3.05) is 30.8 Å². The molecule has 5 nitrogen and oxygen atoms in total. The van der Waals surface area contributed by atoms with Crippen molar-refractivity contribution in [3.63, 3.8) is 0 Å². The van der Waals surface area contributed by atoms with Gasteiger partial charge in [-0.15, -0.1) is 0 Å². The summed E-state index contributed by atoms with van der Waals surface area (Å²) in [5, 5.41) is 2.87. The van der Waals surface area contributed by atoms with Gasteiger partial charge in [-0.25, -0.2) is 4.39 Å². The van der Waals surface area contributed by atoms with Gasteiger partial charge in [0.05, 0.1) is 18.5 Å². The summed E-state index contributed by atoms with van der Waals surface area (Å²) in [6.45, 7) is 2.93. The second-order valence-electron chi connectivity index (χ2n) is 4.68. The molecule has 3 N–H and O–H groups in total. The molecule has 104 valence electrons. The zero-order chi connectivity index (χ0) is 14.0. The second kappa shape index (κ2) is 5.34. The number of rotatable bonds is 3. The highest BCUT2D eigenvalue weighted by molar-refractivity contribution is 5.74. The van der Waals surface area contributed by atoms with Gasteiger partial charge >= 0.3 is 0 Å². The van der Waals surface area contributed by atoms with Crippen molar-refractivity contribution in [3.8, 4) is 5.75 Å². The van der Waals surface area contributed by atoms with Crippen LogP contribution in [0.3, 0.4) is 0 Å². The van der Waals surface area contributed by atoms with E-state index >= 15 is 0 Å². The van der Waals surface area contributed by atoms with Gasteiger partial charge in [0.15, 0.2) is 11.6 Å². The van der Waals surface area contributed by atoms with E-state index in [9.17, 15) is 9.18 Å². The van der Waals surface area contributed by atoms with E-state index in [1.807, 2.05) is 4.90 Å². The predicted molar refractivity (Wildman–Crippen MR) is 71.8 cm³/mol. The van der Waals surface area contributed by atoms with Crippen LogP contribution < -0.4 is 20.7 Å². The molecule has 2 rings (SSSR count). The van der Waals surface area contributed by atoms with Crippen molar-refractivity contribution in [2.45, 2.75) is 19.4 Å². The van der Waals surface area contributed by atoms with Crippen LogP contribution in [0.2, 0.25) is 0 Å². The number of ether oxygens (including phenoxy) is 1. The van der Waals surface area contributed by atoms with Crippen molar-refractivity contribution >= 4 is 17.3 Å². The zero-order valence-corrected chi connectivity index (χ0v) is 11.1. The number of hydrogen-bond donors (Lipinski definition) is 2. The molecule has 1 unspecified atom stereocenters. The Balaban J connectivity index is 2.17. The molecule has 1 atom stereocenters. The van der Waals surface area contributed by atoms with Crippen LogP contribution in [0.15, 0.2) is 12.1 Å². The lowest BCUT2D eigenvalue weighted by Crippen LogP contribution is -2.35. The summed E-state index contributed by atoms with van der Waals surface area (Å²) in [6.07, 6.45) is 0.846. The van der Waals surface area contributed by atoms with Gasteiger partial charge in [-0.05, 0) is 6.42 Å². The maximum Gasteiger partial charge on any atom is 0.217 e. The minimum Gasteiger partial charge on any atom is -0.494 e. The van der Waals surface area contributed by atoms with Crippen LogP contribution in [-0.2, 0) is 4.79 Å². The summed E-state index contributed by atoms with van der Waals surface area (Å²) in [4.78, 5) is 13.1. The van der Waals surface area contributed by atoms with Gasteiger partial charge in [0.25, 0.3) is 0 Å². The predicted octanol–water partition coefficient (Wildman–Crippen LogP) is 1.13. The molecule has 0 saturated carbocycles. The first-order valence-corrected chi connectivity index (χ1v) is 6.16. The van der Waals surface area contributed by atoms with Crippen LogP contribution in [0.4, 0.5) is 15.8 Å². The zero-order valence-electron chi connectivity index (χ0n) is 11.1. The molecule has 1 heterocycles. The average Bonchev–Trinajstić information content (AvgIpc) is 2.76. The molecule has 0 spiro atoms. The van der Waals surface area contributed by atoms with Crippen LogP contribution in [0, 0.1) is 5.82 Å². The molecule has 1 fully saturated rings. The van der Waals surface area contributed by atoms with Crippen LogP contribution in [0.25, 0.3) is 0 Å². The molecule has 0 radical (unpaired) electrons. The number of amides is 1. The Morgan fingerprint density at radius 3 is 2.95 bits per heavy atom. The van der Waals surface area contributed by atoms with Crippen molar-refractivity contribution < 1.29 is 13.9 Å². The van der Waals surface area contributed by atoms with E-state index in [0.717, 1.165) is 18.7 Å². The highest BCUT2D eigenvalue weighted by Crippen LogP contribution is 2.32. The lowest BCUT2D eigenvalue weighted by molar-refractivity contribution is -0.119. The molecule has 19 heavy (non-hydrogen) atoms. The smallest absolute Gasteiger partial charge is 0.217 e. The first-order valence-electron chi connectivity index (χ1n) is 6.16. The van der Waals surface area contributed by atoms with E-state index in [2.05, 4.69) is 5.32 Å². The second-order valence-corrected chi connectivity index (χ2v) is 4.68. The van der Waals surface area contributed by atoms with Crippen molar-refractivity contribution in [2.24, 2.45) is 0 Å². The van der Waals surface area contributed by atoms with Gasteiger partial charge in [-0.3, -0.25) is 4.79 Å². The number of methoxy groups -OCH3 is 1. The SMILES string of the molecule is COc1cc(N2CCC(NC(C)=O)C2)c(N)cc1F. The normalized spacial score (nSPS) is 18.5. The summed E-state index contributed by atoms with van der Waals surface area (Å²) in [5.41, 5.74) is 6.97. The monoisotopic (exact) mass is 267 g/mol. The Labute approximate surface area is 111 Å². The molecule has 1 aliphatic rings. The summed E-state index contributed by atoms with van der Waals surface area (Å²) >= 11 is 0. The van der Waals surface area contributed by atoms with E-state index in [1.165, 1.54) is 20.1 Å². The fourth-order valence-corrected chi connectivity index (χ4v) is 2.37. The van der Waals surface area contributed by atoms with E-state index in [1.54, 1.807) is 6.07 Å². The van der Waals surface area contributed by atoms with E-state index in [-0.39, 0.29) is 17.7 Å². The van der Waals surface area contributed by atoms with Gasteiger partial charge in [0.1, 0.15) is 0 Å². The average molecular weight is 267 g/mol. The Morgan fingerprint density at radius 2 is 2.32 bits per heavy atom. The Morgan fingerprint density at radius 1 is 1.58 bits per heavy atom. The fraction of sp³-hybridized carbons (Fsp3) is 0.462. The maximum atomic E-state index is 13.5. The van der Waals surface area contributed by atoms with Gasteiger partial charge in [0, 0.05) is 38.2 Å². The number of benzene rings is 1. The summed E-state index contributed by atoms with van der Waals surface area (Å²) in [5.74, 6) is -0.343. The number of carbonyl (C=O) groups is 1. The minimum atomic E-state index is -0.471. The number of halogens is 1. The molecule has 1 amide bonds. The van der Waals surface area contributed by atoms with Crippen LogP contribution in [-0.4, -0.2) is 32.1 Å². The minimum absolute atomic E-state index is 0.0449. The van der Waals surface area contributed by atoms with E-state index in [4.69, 9.17) is 10.5 Å². The van der Waals surface area contributed by atoms with E-state index < -0.39 is 5.82 Å². The lowest BCUT2D eigenvalue weighted by atomic mass is 10.2. The molecule has 1 aliphatic heterocycles. The van der Waals surface area contributed by atoms with Gasteiger partial charge in [-0.1, -0.05) is 0 Å². The highest BCUT2D eigenvalue weighted by Gasteiger charge is 2.25. The number of nitrogens with zero attached hydrogens (tertiary/aromatic N) is 1. The van der Waals surface area contributed by atoms with Crippen molar-refractivity contribution in [3.05, 3.63) is 17.9 Å². The Bertz CT molecular complexity index is 493. The third-order valence-corrected chi connectivity index (χ3v) is 3.24. The third kappa shape index (κ3) is 2.89. The summed E-state index contributed by atoms with van der Waals surface area (Å²) < 4.78 is 18.5. The summed E-state index contributed by atoms with van der Waals surface area (Å²) in [7, 11) is 1.42. The number of nitrogens with two attached hydrogens (primary N) is 1. The van der Waals surface area contributed by atoms with Crippen molar-refractivity contribution in [1.82, 2.24) is 5.32 Å². The number of hydrogen-bond acceptors (Lipinski definition) is 4. The number of nitrogen functional groups attached to an aromatic ring is 1. The van der Waals surface area contributed by atoms with E-state index in [0.29, 0.717) is 12.2 Å². The Kier molecular flexibility index (Phi) is 3.78. The lowest BCUT2D eigenvalue weighted by Gasteiger charge is -2.21. The maximum absolute atomic E-state index is 13.5. The Hall–Kier alpha value is -1.98.